The molecule has 0 unspecified atom stereocenters. The molecule has 0 radical (unpaired) electrons. The van der Waals surface area contributed by atoms with Crippen molar-refractivity contribution < 1.29 is 4.79 Å². The molecule has 0 aromatic heterocycles. The summed E-state index contributed by atoms with van der Waals surface area (Å²) in [5.74, 6) is 1.52. The van der Waals surface area contributed by atoms with Crippen molar-refractivity contribution >= 4 is 11.6 Å². The van der Waals surface area contributed by atoms with Gasteiger partial charge in [-0.25, -0.2) is 0 Å². The summed E-state index contributed by atoms with van der Waals surface area (Å²) in [4.78, 5) is 17.2. The molecular formula is C21H33N3O. The average molecular weight is 344 g/mol. The highest BCUT2D eigenvalue weighted by Gasteiger charge is 2.29. The Bertz CT molecular complexity index is 580. The normalized spacial score (nSPS) is 28.0. The molecule has 2 aliphatic rings. The Labute approximate surface area is 152 Å². The molecule has 3 atom stereocenters. The molecule has 4 nitrogen and oxygen atoms in total. The third-order valence-corrected chi connectivity index (χ3v) is 6.25. The van der Waals surface area contributed by atoms with Crippen molar-refractivity contribution in [3.8, 4) is 0 Å². The zero-order valence-corrected chi connectivity index (χ0v) is 16.0. The highest BCUT2D eigenvalue weighted by molar-refractivity contribution is 5.78. The summed E-state index contributed by atoms with van der Waals surface area (Å²) in [5.41, 5.74) is 2.66. The topological polar surface area (TPSA) is 35.6 Å². The van der Waals surface area contributed by atoms with Crippen LogP contribution >= 0.6 is 0 Å². The number of benzene rings is 1. The van der Waals surface area contributed by atoms with Gasteiger partial charge < -0.3 is 10.2 Å². The van der Waals surface area contributed by atoms with Gasteiger partial charge >= 0.3 is 0 Å². The number of carbonyl (C=O) groups excluding carboxylic acids is 1. The summed E-state index contributed by atoms with van der Waals surface area (Å²) in [5, 5.41) is 3.30. The van der Waals surface area contributed by atoms with Gasteiger partial charge in [0.05, 0.1) is 6.54 Å². The fourth-order valence-corrected chi connectivity index (χ4v) is 4.31. The number of amides is 1. The first-order valence-corrected chi connectivity index (χ1v) is 9.87. The lowest BCUT2D eigenvalue weighted by molar-refractivity contribution is -0.123. The molecule has 1 saturated heterocycles. The van der Waals surface area contributed by atoms with Crippen LogP contribution in [0, 0.1) is 18.8 Å². The van der Waals surface area contributed by atoms with Gasteiger partial charge in [0.15, 0.2) is 0 Å². The van der Waals surface area contributed by atoms with Crippen LogP contribution in [0.3, 0.4) is 0 Å². The van der Waals surface area contributed by atoms with Gasteiger partial charge in [-0.2, -0.15) is 0 Å². The fourth-order valence-electron chi connectivity index (χ4n) is 4.31. The molecule has 1 aromatic rings. The van der Waals surface area contributed by atoms with Crippen LogP contribution in [0.1, 0.15) is 38.7 Å². The molecule has 4 heteroatoms. The first kappa shape index (κ1) is 18.2. The lowest BCUT2D eigenvalue weighted by Crippen LogP contribution is -2.52. The van der Waals surface area contributed by atoms with E-state index in [1.807, 2.05) is 0 Å². The first-order valence-electron chi connectivity index (χ1n) is 9.87. The van der Waals surface area contributed by atoms with Crippen molar-refractivity contribution in [3.05, 3.63) is 29.8 Å². The van der Waals surface area contributed by atoms with Crippen molar-refractivity contribution in [2.75, 3.05) is 37.6 Å². The van der Waals surface area contributed by atoms with Crippen molar-refractivity contribution in [2.45, 2.75) is 46.1 Å². The fraction of sp³-hybridized carbons (Fsp3) is 0.667. The molecule has 138 valence electrons. The molecule has 1 saturated carbocycles. The predicted octanol–water partition coefficient (Wildman–Crippen LogP) is 3.06. The van der Waals surface area contributed by atoms with Crippen LogP contribution in [0.2, 0.25) is 0 Å². The minimum Gasteiger partial charge on any atom is -0.369 e. The summed E-state index contributed by atoms with van der Waals surface area (Å²) < 4.78 is 0. The maximum atomic E-state index is 12.5. The van der Waals surface area contributed by atoms with E-state index in [2.05, 4.69) is 60.2 Å². The summed E-state index contributed by atoms with van der Waals surface area (Å²) in [7, 11) is 0. The average Bonchev–Trinajstić information content (AvgIpc) is 2.60. The minimum absolute atomic E-state index is 0.204. The Balaban J connectivity index is 1.46. The number of hydrogen-bond donors (Lipinski definition) is 1. The molecule has 1 aliphatic carbocycles. The molecule has 1 heterocycles. The highest BCUT2D eigenvalue weighted by Crippen LogP contribution is 2.29. The lowest BCUT2D eigenvalue weighted by Gasteiger charge is -2.38. The molecule has 1 aliphatic heterocycles. The second kappa shape index (κ2) is 8.22. The maximum Gasteiger partial charge on any atom is 0.234 e. The first-order chi connectivity index (χ1) is 12.0. The van der Waals surface area contributed by atoms with E-state index in [1.54, 1.807) is 0 Å². The van der Waals surface area contributed by atoms with Gasteiger partial charge in [-0.3, -0.25) is 9.69 Å². The van der Waals surface area contributed by atoms with Gasteiger partial charge in [0.25, 0.3) is 0 Å². The van der Waals surface area contributed by atoms with E-state index in [0.717, 1.165) is 38.5 Å². The third kappa shape index (κ3) is 4.55. The standard InChI is InChI=1S/C21H33N3O/c1-16-8-6-9-19(18(16)3)22-21(25)15-23-11-13-24(14-12-23)20-10-5-4-7-17(20)2/h4-5,7,10,16,18-19H,6,8-9,11-15H2,1-3H3,(H,22,25)/t16-,18+,19+/m1/s1. The second-order valence-corrected chi connectivity index (χ2v) is 7.99. The summed E-state index contributed by atoms with van der Waals surface area (Å²) in [6, 6.07) is 8.93. The van der Waals surface area contributed by atoms with Crippen LogP contribution in [0.4, 0.5) is 5.69 Å². The second-order valence-electron chi connectivity index (χ2n) is 7.99. The molecule has 25 heavy (non-hydrogen) atoms. The Morgan fingerprint density at radius 3 is 2.56 bits per heavy atom. The van der Waals surface area contributed by atoms with Crippen LogP contribution in [0.25, 0.3) is 0 Å². The van der Waals surface area contributed by atoms with E-state index in [0.29, 0.717) is 18.5 Å². The number of rotatable bonds is 4. The number of piperazine rings is 1. The minimum atomic E-state index is 0.204. The number of anilines is 1. The van der Waals surface area contributed by atoms with E-state index in [4.69, 9.17) is 0 Å². The van der Waals surface area contributed by atoms with Crippen LogP contribution in [-0.4, -0.2) is 49.6 Å². The Hall–Kier alpha value is -1.55. The van der Waals surface area contributed by atoms with Crippen LogP contribution in [-0.2, 0) is 4.79 Å². The molecule has 2 fully saturated rings. The van der Waals surface area contributed by atoms with Crippen LogP contribution in [0.15, 0.2) is 24.3 Å². The number of hydrogen-bond acceptors (Lipinski definition) is 3. The molecule has 1 amide bonds. The van der Waals surface area contributed by atoms with Crippen molar-refractivity contribution in [1.29, 1.82) is 0 Å². The monoisotopic (exact) mass is 343 g/mol. The smallest absolute Gasteiger partial charge is 0.234 e. The van der Waals surface area contributed by atoms with Gasteiger partial charge in [0.1, 0.15) is 0 Å². The summed E-state index contributed by atoms with van der Waals surface area (Å²) in [6.07, 6.45) is 3.68. The van der Waals surface area contributed by atoms with Gasteiger partial charge in [0.2, 0.25) is 5.91 Å². The number of nitrogens with zero attached hydrogens (tertiary/aromatic N) is 2. The Morgan fingerprint density at radius 2 is 1.84 bits per heavy atom. The maximum absolute atomic E-state index is 12.5. The molecule has 0 bridgehead atoms. The van der Waals surface area contributed by atoms with E-state index < -0.39 is 0 Å². The van der Waals surface area contributed by atoms with Crippen LogP contribution in [0.5, 0.6) is 0 Å². The lowest BCUT2D eigenvalue weighted by atomic mass is 9.78. The summed E-state index contributed by atoms with van der Waals surface area (Å²) in [6.45, 7) is 11.2. The zero-order chi connectivity index (χ0) is 17.8. The van der Waals surface area contributed by atoms with Gasteiger partial charge in [-0.15, -0.1) is 0 Å². The van der Waals surface area contributed by atoms with E-state index >= 15 is 0 Å². The predicted molar refractivity (Wildman–Crippen MR) is 104 cm³/mol. The number of nitrogens with one attached hydrogen (secondary N) is 1. The molecule has 1 N–H and O–H groups in total. The Morgan fingerprint density at radius 1 is 1.12 bits per heavy atom. The van der Waals surface area contributed by atoms with Crippen molar-refractivity contribution in [2.24, 2.45) is 11.8 Å². The number of aryl methyl sites for hydroxylation is 1. The quantitative estimate of drug-likeness (QED) is 0.913. The van der Waals surface area contributed by atoms with Gasteiger partial charge in [-0.1, -0.05) is 44.9 Å². The number of carbonyl (C=O) groups is 1. The largest absolute Gasteiger partial charge is 0.369 e. The van der Waals surface area contributed by atoms with Crippen LogP contribution < -0.4 is 10.2 Å². The molecule has 0 spiro atoms. The zero-order valence-electron chi connectivity index (χ0n) is 16.0. The van der Waals surface area contributed by atoms with Crippen molar-refractivity contribution in [1.82, 2.24) is 10.2 Å². The van der Waals surface area contributed by atoms with E-state index in [1.165, 1.54) is 24.1 Å². The summed E-state index contributed by atoms with van der Waals surface area (Å²) >= 11 is 0. The molecule has 3 rings (SSSR count). The van der Waals surface area contributed by atoms with Gasteiger partial charge in [0, 0.05) is 37.9 Å². The SMILES string of the molecule is Cc1ccccc1N1CCN(CC(=O)N[C@H]2CCC[C@@H](C)[C@@H]2C)CC1. The highest BCUT2D eigenvalue weighted by atomic mass is 16.2. The van der Waals surface area contributed by atoms with E-state index in [9.17, 15) is 4.79 Å². The molecular weight excluding hydrogens is 310 g/mol. The Kier molecular flexibility index (Phi) is 6.00. The molecule has 1 aromatic carbocycles. The van der Waals surface area contributed by atoms with Crippen molar-refractivity contribution in [3.63, 3.8) is 0 Å². The van der Waals surface area contributed by atoms with E-state index in [-0.39, 0.29) is 5.91 Å². The van der Waals surface area contributed by atoms with Gasteiger partial charge in [-0.05, 0) is 36.8 Å². The number of para-hydroxylation sites is 1. The third-order valence-electron chi connectivity index (χ3n) is 6.25.